The number of aryl methyl sites for hydroxylation is 1. The average molecular weight is 189 g/mol. The molecule has 0 saturated carbocycles. The molecule has 2 N–H and O–H groups in total. The van der Waals surface area contributed by atoms with Crippen LogP contribution in [0.3, 0.4) is 0 Å². The molecule has 1 heteroatoms. The summed E-state index contributed by atoms with van der Waals surface area (Å²) in [7, 11) is 0. The van der Waals surface area contributed by atoms with Gasteiger partial charge in [-0.25, -0.2) is 0 Å². The molecule has 0 bridgehead atoms. The first-order chi connectivity index (χ1) is 6.54. The third-order valence-corrected chi connectivity index (χ3v) is 3.38. The van der Waals surface area contributed by atoms with Gasteiger partial charge < -0.3 is 5.73 Å². The zero-order valence-corrected chi connectivity index (χ0v) is 9.30. The van der Waals surface area contributed by atoms with Crippen LogP contribution < -0.4 is 5.73 Å². The molecule has 1 nitrogen and oxygen atoms in total. The molecule has 1 atom stereocenters. The predicted molar refractivity (Wildman–Crippen MR) is 60.4 cm³/mol. The Kier molecular flexibility index (Phi) is 2.15. The van der Waals surface area contributed by atoms with Gasteiger partial charge in [-0.3, -0.25) is 0 Å². The molecule has 76 valence electrons. The smallest absolute Gasteiger partial charge is 0.0306 e. The van der Waals surface area contributed by atoms with E-state index in [2.05, 4.69) is 39.0 Å². The van der Waals surface area contributed by atoms with Gasteiger partial charge in [-0.05, 0) is 34.9 Å². The van der Waals surface area contributed by atoms with Crippen LogP contribution in [0.4, 0.5) is 0 Å². The average Bonchev–Trinajstić information content (AvgIpc) is 2.37. The minimum atomic E-state index is 0.242. The summed E-state index contributed by atoms with van der Waals surface area (Å²) in [5, 5.41) is 0. The summed E-state index contributed by atoms with van der Waals surface area (Å²) in [5.41, 5.74) is 10.6. The Morgan fingerprint density at radius 2 is 2.14 bits per heavy atom. The van der Waals surface area contributed by atoms with Crippen LogP contribution in [0, 0.1) is 0 Å². The van der Waals surface area contributed by atoms with Gasteiger partial charge in [-0.1, -0.05) is 39.0 Å². The quantitative estimate of drug-likeness (QED) is 0.722. The van der Waals surface area contributed by atoms with Crippen molar-refractivity contribution in [3.63, 3.8) is 0 Å². The van der Waals surface area contributed by atoms with E-state index in [1.54, 1.807) is 0 Å². The first-order valence-corrected chi connectivity index (χ1v) is 5.43. The lowest BCUT2D eigenvalue weighted by Gasteiger charge is -2.18. The molecular formula is C13H19N. The van der Waals surface area contributed by atoms with Crippen molar-refractivity contribution in [2.45, 2.75) is 45.1 Å². The van der Waals surface area contributed by atoms with E-state index in [0.29, 0.717) is 0 Å². The summed E-state index contributed by atoms with van der Waals surface area (Å²) < 4.78 is 0. The predicted octanol–water partition coefficient (Wildman–Crippen LogP) is 2.93. The number of hydrogen-bond donors (Lipinski definition) is 1. The van der Waals surface area contributed by atoms with Crippen molar-refractivity contribution in [2.24, 2.45) is 5.73 Å². The molecule has 1 aromatic carbocycles. The van der Waals surface area contributed by atoms with Gasteiger partial charge in [-0.2, -0.15) is 0 Å². The summed E-state index contributed by atoms with van der Waals surface area (Å²) in [6, 6.07) is 7.03. The molecule has 0 amide bonds. The van der Waals surface area contributed by atoms with Crippen molar-refractivity contribution >= 4 is 0 Å². The van der Waals surface area contributed by atoms with Crippen molar-refractivity contribution in [2.75, 3.05) is 0 Å². The monoisotopic (exact) mass is 189 g/mol. The summed E-state index contributed by atoms with van der Waals surface area (Å²) >= 11 is 0. The Morgan fingerprint density at radius 1 is 1.43 bits per heavy atom. The first-order valence-electron chi connectivity index (χ1n) is 5.43. The maximum absolute atomic E-state index is 6.15. The van der Waals surface area contributed by atoms with E-state index in [9.17, 15) is 0 Å². The van der Waals surface area contributed by atoms with Gasteiger partial charge >= 0.3 is 0 Å². The molecule has 0 heterocycles. The largest absolute Gasteiger partial charge is 0.324 e. The molecule has 0 spiro atoms. The minimum Gasteiger partial charge on any atom is -0.324 e. The molecule has 0 aromatic heterocycles. The number of benzene rings is 1. The molecular weight excluding hydrogens is 170 g/mol. The fourth-order valence-corrected chi connectivity index (χ4v) is 2.52. The van der Waals surface area contributed by atoms with Gasteiger partial charge in [0.25, 0.3) is 0 Å². The summed E-state index contributed by atoms with van der Waals surface area (Å²) in [6.45, 7) is 6.75. The fourth-order valence-electron chi connectivity index (χ4n) is 2.52. The van der Waals surface area contributed by atoms with Gasteiger partial charge in [0, 0.05) is 6.04 Å². The Labute approximate surface area is 86.3 Å². The number of hydrogen-bond acceptors (Lipinski definition) is 1. The molecule has 1 aliphatic carbocycles. The van der Waals surface area contributed by atoms with Crippen molar-refractivity contribution in [1.29, 1.82) is 0 Å². The lowest BCUT2D eigenvalue weighted by molar-refractivity contribution is 0.481. The van der Waals surface area contributed by atoms with Gasteiger partial charge in [0.15, 0.2) is 0 Å². The van der Waals surface area contributed by atoms with Crippen molar-refractivity contribution < 1.29 is 0 Å². The van der Waals surface area contributed by atoms with Gasteiger partial charge in [-0.15, -0.1) is 0 Å². The molecule has 0 fully saturated rings. The van der Waals surface area contributed by atoms with Crippen LogP contribution in [-0.4, -0.2) is 0 Å². The third kappa shape index (κ3) is 1.36. The molecule has 2 rings (SSSR count). The Balaban J connectivity index is 2.52. The van der Waals surface area contributed by atoms with E-state index >= 15 is 0 Å². The van der Waals surface area contributed by atoms with Crippen molar-refractivity contribution in [1.82, 2.24) is 0 Å². The fraction of sp³-hybridized carbons (Fsp3) is 0.538. The van der Waals surface area contributed by atoms with Crippen LogP contribution in [0.25, 0.3) is 0 Å². The lowest BCUT2D eigenvalue weighted by Crippen LogP contribution is -2.14. The first kappa shape index (κ1) is 9.72. The van der Waals surface area contributed by atoms with Crippen LogP contribution in [0.1, 0.15) is 49.9 Å². The van der Waals surface area contributed by atoms with Crippen molar-refractivity contribution in [3.05, 3.63) is 34.9 Å². The zero-order valence-electron chi connectivity index (χ0n) is 9.30. The van der Waals surface area contributed by atoms with E-state index in [0.717, 1.165) is 12.8 Å². The normalized spacial score (nSPS) is 23.6. The lowest BCUT2D eigenvalue weighted by atomic mass is 9.86. The molecule has 1 unspecified atom stereocenters. The van der Waals surface area contributed by atoms with Gasteiger partial charge in [0.1, 0.15) is 0 Å². The zero-order chi connectivity index (χ0) is 10.3. The molecule has 14 heavy (non-hydrogen) atoms. The van der Waals surface area contributed by atoms with E-state index < -0.39 is 0 Å². The van der Waals surface area contributed by atoms with E-state index in [1.165, 1.54) is 16.7 Å². The highest BCUT2D eigenvalue weighted by atomic mass is 14.7. The summed E-state index contributed by atoms with van der Waals surface area (Å²) in [6.07, 6.45) is 2.18. The van der Waals surface area contributed by atoms with Gasteiger partial charge in [0.05, 0.1) is 0 Å². The molecule has 0 radical (unpaired) electrons. The van der Waals surface area contributed by atoms with Crippen molar-refractivity contribution in [3.8, 4) is 0 Å². The topological polar surface area (TPSA) is 26.0 Å². The highest BCUT2D eigenvalue weighted by molar-refractivity contribution is 5.43. The molecule has 1 aliphatic rings. The van der Waals surface area contributed by atoms with Gasteiger partial charge in [0.2, 0.25) is 0 Å². The highest BCUT2D eigenvalue weighted by Gasteiger charge is 2.34. The summed E-state index contributed by atoms with van der Waals surface area (Å²) in [4.78, 5) is 0. The summed E-state index contributed by atoms with van der Waals surface area (Å²) in [5.74, 6) is 0. The SMILES string of the molecule is CCc1ccc2c(c1)C(N)CC2(C)C. The van der Waals surface area contributed by atoms with Crippen LogP contribution in [-0.2, 0) is 11.8 Å². The molecule has 1 aromatic rings. The molecule has 0 saturated heterocycles. The van der Waals surface area contributed by atoms with E-state index in [1.807, 2.05) is 0 Å². The number of rotatable bonds is 1. The molecule has 0 aliphatic heterocycles. The Bertz CT molecular complexity index is 352. The minimum absolute atomic E-state index is 0.242. The van der Waals surface area contributed by atoms with E-state index in [4.69, 9.17) is 5.73 Å². The standard InChI is InChI=1S/C13H19N/c1-4-9-5-6-11-10(7-9)12(14)8-13(11,2)3/h5-7,12H,4,8,14H2,1-3H3. The second-order valence-corrected chi connectivity index (χ2v) is 4.97. The number of fused-ring (bicyclic) bond motifs is 1. The van der Waals surface area contributed by atoms with Crippen LogP contribution in [0.2, 0.25) is 0 Å². The highest BCUT2D eigenvalue weighted by Crippen LogP contribution is 2.43. The Morgan fingerprint density at radius 3 is 2.79 bits per heavy atom. The van der Waals surface area contributed by atoms with Crippen LogP contribution in [0.5, 0.6) is 0 Å². The third-order valence-electron chi connectivity index (χ3n) is 3.38. The maximum Gasteiger partial charge on any atom is 0.0306 e. The Hall–Kier alpha value is -0.820. The van der Waals surface area contributed by atoms with Crippen LogP contribution >= 0.6 is 0 Å². The van der Waals surface area contributed by atoms with Crippen LogP contribution in [0.15, 0.2) is 18.2 Å². The maximum atomic E-state index is 6.15. The van der Waals surface area contributed by atoms with E-state index in [-0.39, 0.29) is 11.5 Å². The number of nitrogens with two attached hydrogens (primary N) is 1. The second kappa shape index (κ2) is 3.09. The second-order valence-electron chi connectivity index (χ2n) is 4.97.